The van der Waals surface area contributed by atoms with Crippen LogP contribution in [0.2, 0.25) is 0 Å². The average molecular weight is 852 g/mol. The van der Waals surface area contributed by atoms with E-state index in [1.165, 1.54) is 116 Å². The van der Waals surface area contributed by atoms with Crippen LogP contribution < -0.4 is 0 Å². The number of amides is 1. The van der Waals surface area contributed by atoms with E-state index in [0.29, 0.717) is 38.6 Å². The summed E-state index contributed by atoms with van der Waals surface area (Å²) >= 11 is 0. The normalized spacial score (nSPS) is 17.0. The summed E-state index contributed by atoms with van der Waals surface area (Å²) in [5, 5.41) is 9.53. The zero-order valence-electron chi connectivity index (χ0n) is 40.1. The van der Waals surface area contributed by atoms with E-state index in [1.54, 1.807) is 11.9 Å². The van der Waals surface area contributed by atoms with Gasteiger partial charge in [0, 0.05) is 32.9 Å². The molecule has 9 nitrogen and oxygen atoms in total. The van der Waals surface area contributed by atoms with Crippen LogP contribution >= 0.6 is 0 Å². The summed E-state index contributed by atoms with van der Waals surface area (Å²) in [6, 6.07) is 0. The lowest BCUT2D eigenvalue weighted by molar-refractivity contribution is -0.180. The third-order valence-electron chi connectivity index (χ3n) is 12.6. The first-order chi connectivity index (χ1) is 29.2. The number of unbranched alkanes of at least 4 members (excludes halogenated alkanes) is 20. The molecule has 1 aliphatic rings. The van der Waals surface area contributed by atoms with E-state index in [4.69, 9.17) is 18.9 Å². The quantitative estimate of drug-likeness (QED) is 0.0477. The minimum atomic E-state index is -0.667. The molecule has 0 radical (unpaired) electrons. The van der Waals surface area contributed by atoms with Gasteiger partial charge in [0.1, 0.15) is 6.54 Å². The van der Waals surface area contributed by atoms with Crippen LogP contribution in [0.1, 0.15) is 246 Å². The number of rotatable bonds is 43. The van der Waals surface area contributed by atoms with Gasteiger partial charge in [-0.05, 0) is 76.5 Å². The van der Waals surface area contributed by atoms with E-state index >= 15 is 0 Å². The van der Waals surface area contributed by atoms with Crippen LogP contribution in [-0.2, 0) is 33.3 Å². The number of esters is 2. The molecule has 0 aromatic heterocycles. The van der Waals surface area contributed by atoms with E-state index in [0.717, 1.165) is 89.9 Å². The number of hydrogen-bond donors (Lipinski definition) is 1. The zero-order valence-corrected chi connectivity index (χ0v) is 40.1. The van der Waals surface area contributed by atoms with Crippen molar-refractivity contribution >= 4 is 17.8 Å². The van der Waals surface area contributed by atoms with Crippen molar-refractivity contribution < 1.29 is 38.4 Å². The van der Waals surface area contributed by atoms with Gasteiger partial charge in [0.25, 0.3) is 0 Å². The smallest absolute Gasteiger partial charge is 0.325 e. The molecule has 0 saturated carbocycles. The summed E-state index contributed by atoms with van der Waals surface area (Å²) in [6.07, 6.45) is 36.2. The minimum Gasteiger partial charge on any atom is -0.465 e. The number of carbonyl (C=O) groups is 3. The molecule has 1 heterocycles. The van der Waals surface area contributed by atoms with E-state index in [2.05, 4.69) is 27.7 Å². The van der Waals surface area contributed by atoms with Gasteiger partial charge >= 0.3 is 11.9 Å². The minimum absolute atomic E-state index is 0.00634. The molecule has 1 rings (SSSR count). The van der Waals surface area contributed by atoms with Crippen LogP contribution in [0, 0.1) is 11.8 Å². The molecule has 354 valence electrons. The lowest BCUT2D eigenvalue weighted by Crippen LogP contribution is -2.34. The molecule has 0 aromatic carbocycles. The van der Waals surface area contributed by atoms with Crippen LogP contribution in [-0.4, -0.2) is 79.8 Å². The molecule has 0 aliphatic carbocycles. The topological polar surface area (TPSA) is 112 Å². The molecule has 3 atom stereocenters. The molecule has 1 aliphatic heterocycles. The first-order valence-corrected chi connectivity index (χ1v) is 25.7. The average Bonchev–Trinajstić information content (AvgIpc) is 3.64. The molecule has 3 unspecified atom stereocenters. The summed E-state index contributed by atoms with van der Waals surface area (Å²) in [5.41, 5.74) is 0. The van der Waals surface area contributed by atoms with E-state index in [9.17, 15) is 19.5 Å². The molecular formula is C51H97NO8. The SMILES string of the molecule is CCCCCCCCC(CCCCCC)C(=O)OCCCCCC1(CCCCCOC(=O)CN(C)C(=O)CC(CCCCCCC)CCCCCCC)OCC(CCO)O1. The molecule has 60 heavy (non-hydrogen) atoms. The fourth-order valence-electron chi connectivity index (χ4n) is 8.63. The second-order valence-electron chi connectivity index (χ2n) is 18.3. The van der Waals surface area contributed by atoms with Crippen LogP contribution in [0.5, 0.6) is 0 Å². The van der Waals surface area contributed by atoms with Crippen molar-refractivity contribution in [2.75, 3.05) is 40.0 Å². The van der Waals surface area contributed by atoms with Crippen LogP contribution in [0.3, 0.4) is 0 Å². The highest BCUT2D eigenvalue weighted by Crippen LogP contribution is 2.35. The molecule has 1 fully saturated rings. The molecule has 0 aromatic rings. The third-order valence-corrected chi connectivity index (χ3v) is 12.6. The van der Waals surface area contributed by atoms with Gasteiger partial charge in [-0.1, -0.05) is 156 Å². The Morgan fingerprint density at radius 1 is 0.617 bits per heavy atom. The Hall–Kier alpha value is -1.71. The van der Waals surface area contributed by atoms with Crippen molar-refractivity contribution in [3.63, 3.8) is 0 Å². The van der Waals surface area contributed by atoms with Gasteiger partial charge in [0.05, 0.1) is 31.8 Å². The molecule has 1 saturated heterocycles. The summed E-state index contributed by atoms with van der Waals surface area (Å²) < 4.78 is 24.1. The van der Waals surface area contributed by atoms with Gasteiger partial charge in [-0.15, -0.1) is 0 Å². The number of carbonyl (C=O) groups excluding carboxylic acids is 3. The number of hydrogen-bond acceptors (Lipinski definition) is 8. The lowest BCUT2D eigenvalue weighted by atomic mass is 9.91. The summed E-state index contributed by atoms with van der Waals surface area (Å²) in [5.74, 6) is -0.560. The third kappa shape index (κ3) is 29.6. The Morgan fingerprint density at radius 3 is 1.58 bits per heavy atom. The largest absolute Gasteiger partial charge is 0.465 e. The Kier molecular flexibility index (Phi) is 36.5. The molecule has 0 spiro atoms. The number of aliphatic hydroxyl groups excluding tert-OH is 1. The molecule has 1 amide bonds. The Balaban J connectivity index is 2.45. The maximum Gasteiger partial charge on any atom is 0.325 e. The highest BCUT2D eigenvalue weighted by Gasteiger charge is 2.40. The number of likely N-dealkylation sites (N-methyl/N-ethyl adjacent to an activating group) is 1. The van der Waals surface area contributed by atoms with Gasteiger partial charge in [0.2, 0.25) is 5.91 Å². The lowest BCUT2D eigenvalue weighted by Gasteiger charge is -2.28. The number of nitrogens with zero attached hydrogens (tertiary/aromatic N) is 1. The Bertz CT molecular complexity index is 1010. The second kappa shape index (κ2) is 38.9. The van der Waals surface area contributed by atoms with Crippen molar-refractivity contribution in [3.05, 3.63) is 0 Å². The van der Waals surface area contributed by atoms with Crippen LogP contribution in [0.15, 0.2) is 0 Å². The fourth-order valence-corrected chi connectivity index (χ4v) is 8.63. The molecule has 0 bridgehead atoms. The van der Waals surface area contributed by atoms with E-state index in [1.807, 2.05) is 0 Å². The Morgan fingerprint density at radius 2 is 1.07 bits per heavy atom. The van der Waals surface area contributed by atoms with Crippen LogP contribution in [0.4, 0.5) is 0 Å². The highest BCUT2D eigenvalue weighted by atomic mass is 16.7. The maximum atomic E-state index is 13.1. The standard InChI is InChI=1S/C51H97NO8/c1-6-10-14-18-21-27-35-46(34-26-17-13-9-4)50(56)58-41-31-23-29-38-51(59-44-47(60-51)36-39-53)37-28-22-30-40-57-49(55)43-52(5)48(54)42-45(32-24-19-15-11-7-2)33-25-20-16-12-8-3/h45-47,53H,6-44H2,1-5H3. The summed E-state index contributed by atoms with van der Waals surface area (Å²) in [4.78, 5) is 40.5. The van der Waals surface area contributed by atoms with Crippen LogP contribution in [0.25, 0.3) is 0 Å². The number of aliphatic hydroxyl groups is 1. The van der Waals surface area contributed by atoms with Crippen molar-refractivity contribution in [3.8, 4) is 0 Å². The zero-order chi connectivity index (χ0) is 43.9. The predicted octanol–water partition coefficient (Wildman–Crippen LogP) is 13.2. The maximum absolute atomic E-state index is 13.1. The molecular weight excluding hydrogens is 755 g/mol. The molecule has 9 heteroatoms. The first-order valence-electron chi connectivity index (χ1n) is 25.7. The highest BCUT2D eigenvalue weighted by molar-refractivity contribution is 5.82. The fraction of sp³-hybridized carbons (Fsp3) is 0.941. The number of ether oxygens (including phenoxy) is 4. The van der Waals surface area contributed by atoms with Gasteiger partial charge in [-0.3, -0.25) is 14.4 Å². The summed E-state index contributed by atoms with van der Waals surface area (Å²) in [6.45, 7) is 10.3. The first kappa shape index (κ1) is 56.3. The van der Waals surface area contributed by atoms with Crippen molar-refractivity contribution in [1.82, 2.24) is 4.90 Å². The van der Waals surface area contributed by atoms with Crippen molar-refractivity contribution in [1.29, 1.82) is 0 Å². The van der Waals surface area contributed by atoms with Gasteiger partial charge in [-0.25, -0.2) is 0 Å². The van der Waals surface area contributed by atoms with Gasteiger partial charge < -0.3 is 29.0 Å². The van der Waals surface area contributed by atoms with Gasteiger partial charge in [-0.2, -0.15) is 0 Å². The van der Waals surface area contributed by atoms with Gasteiger partial charge in [0.15, 0.2) is 5.79 Å². The monoisotopic (exact) mass is 852 g/mol. The second-order valence-corrected chi connectivity index (χ2v) is 18.3. The van der Waals surface area contributed by atoms with Crippen molar-refractivity contribution in [2.24, 2.45) is 11.8 Å². The Labute approximate surface area is 369 Å². The molecule has 1 N–H and O–H groups in total. The van der Waals surface area contributed by atoms with E-state index in [-0.39, 0.29) is 43.0 Å². The summed E-state index contributed by atoms with van der Waals surface area (Å²) in [7, 11) is 1.73. The van der Waals surface area contributed by atoms with Crippen molar-refractivity contribution in [2.45, 2.75) is 258 Å². The predicted molar refractivity (Wildman–Crippen MR) is 247 cm³/mol. The van der Waals surface area contributed by atoms with E-state index < -0.39 is 5.79 Å².